The maximum absolute atomic E-state index is 5.18. The van der Waals surface area contributed by atoms with Crippen molar-refractivity contribution in [2.45, 2.75) is 32.7 Å². The molecule has 0 fully saturated rings. The Morgan fingerprint density at radius 2 is 1.86 bits per heavy atom. The number of halogens is 1. The van der Waals surface area contributed by atoms with Gasteiger partial charge >= 0.3 is 0 Å². The zero-order valence-electron chi connectivity index (χ0n) is 12.8. The molecule has 0 aliphatic carbocycles. The van der Waals surface area contributed by atoms with Gasteiger partial charge in [-0.15, -0.1) is 0 Å². The zero-order valence-corrected chi connectivity index (χ0v) is 14.4. The molecule has 1 atom stereocenters. The van der Waals surface area contributed by atoms with Crippen molar-refractivity contribution in [3.63, 3.8) is 0 Å². The number of hydrogen-bond acceptors (Lipinski definition) is 2. The minimum atomic E-state index is 0.431. The normalized spacial score (nSPS) is 12.0. The first-order chi connectivity index (χ1) is 10.1. The molecule has 1 unspecified atom stereocenters. The molecule has 112 valence electrons. The van der Waals surface area contributed by atoms with Crippen molar-refractivity contribution in [2.75, 3.05) is 12.4 Å². The molecule has 0 aliphatic heterocycles. The molecular weight excluding hydrogens is 326 g/mol. The highest BCUT2D eigenvalue weighted by Gasteiger charge is 2.04. The van der Waals surface area contributed by atoms with Gasteiger partial charge in [0, 0.05) is 16.2 Å². The fourth-order valence-electron chi connectivity index (χ4n) is 2.35. The van der Waals surface area contributed by atoms with Crippen molar-refractivity contribution < 1.29 is 4.74 Å². The molecule has 0 aromatic heterocycles. The lowest BCUT2D eigenvalue weighted by molar-refractivity contribution is 0.414. The van der Waals surface area contributed by atoms with E-state index in [9.17, 15) is 0 Å². The molecule has 2 rings (SSSR count). The van der Waals surface area contributed by atoms with Crippen LogP contribution in [-0.4, -0.2) is 13.2 Å². The summed E-state index contributed by atoms with van der Waals surface area (Å²) in [7, 11) is 1.70. The lowest BCUT2D eigenvalue weighted by atomic mass is 10.1. The van der Waals surface area contributed by atoms with Crippen LogP contribution in [0.5, 0.6) is 5.75 Å². The average molecular weight is 348 g/mol. The molecule has 0 bridgehead atoms. The summed E-state index contributed by atoms with van der Waals surface area (Å²) in [4.78, 5) is 0. The standard InChI is InChI=1S/C18H22BrNO/c1-13-10-16(19)12-17(11-13)20-14(2)4-5-15-6-8-18(21-3)9-7-15/h6-12,14,20H,4-5H2,1-3H3. The molecule has 2 aromatic carbocycles. The van der Waals surface area contributed by atoms with Crippen molar-refractivity contribution in [1.29, 1.82) is 0 Å². The van der Waals surface area contributed by atoms with Crippen molar-refractivity contribution in [3.8, 4) is 5.75 Å². The van der Waals surface area contributed by atoms with Crippen LogP contribution in [0, 0.1) is 6.92 Å². The first kappa shape index (κ1) is 15.9. The molecule has 21 heavy (non-hydrogen) atoms. The third-order valence-corrected chi connectivity index (χ3v) is 3.94. The number of nitrogens with one attached hydrogen (secondary N) is 1. The second-order valence-electron chi connectivity index (χ2n) is 5.45. The Hall–Kier alpha value is -1.48. The van der Waals surface area contributed by atoms with Crippen LogP contribution in [-0.2, 0) is 6.42 Å². The van der Waals surface area contributed by atoms with E-state index in [2.05, 4.69) is 65.4 Å². The van der Waals surface area contributed by atoms with Crippen LogP contribution in [0.1, 0.15) is 24.5 Å². The highest BCUT2D eigenvalue weighted by atomic mass is 79.9. The van der Waals surface area contributed by atoms with Crippen LogP contribution in [0.3, 0.4) is 0 Å². The predicted octanol–water partition coefficient (Wildman–Crippen LogP) is 5.20. The molecule has 3 heteroatoms. The first-order valence-electron chi connectivity index (χ1n) is 7.23. The molecule has 0 spiro atoms. The van der Waals surface area contributed by atoms with Gasteiger partial charge in [-0.2, -0.15) is 0 Å². The Morgan fingerprint density at radius 3 is 2.48 bits per heavy atom. The Balaban J connectivity index is 1.87. The summed E-state index contributed by atoms with van der Waals surface area (Å²) in [6.07, 6.45) is 2.16. The van der Waals surface area contributed by atoms with Crippen LogP contribution in [0.25, 0.3) is 0 Å². The minimum Gasteiger partial charge on any atom is -0.497 e. The number of hydrogen-bond donors (Lipinski definition) is 1. The maximum Gasteiger partial charge on any atom is 0.118 e. The van der Waals surface area contributed by atoms with Gasteiger partial charge in [0.15, 0.2) is 0 Å². The van der Waals surface area contributed by atoms with Crippen molar-refractivity contribution in [2.24, 2.45) is 0 Å². The van der Waals surface area contributed by atoms with Gasteiger partial charge in [-0.25, -0.2) is 0 Å². The van der Waals surface area contributed by atoms with Crippen LogP contribution in [0.15, 0.2) is 46.9 Å². The van der Waals surface area contributed by atoms with Gasteiger partial charge in [-0.05, 0) is 68.1 Å². The van der Waals surface area contributed by atoms with Crippen LogP contribution in [0.4, 0.5) is 5.69 Å². The van der Waals surface area contributed by atoms with Gasteiger partial charge in [0.05, 0.1) is 7.11 Å². The van der Waals surface area contributed by atoms with Crippen molar-refractivity contribution >= 4 is 21.6 Å². The summed E-state index contributed by atoms with van der Waals surface area (Å²) in [6.45, 7) is 4.33. The minimum absolute atomic E-state index is 0.431. The fourth-order valence-corrected chi connectivity index (χ4v) is 2.96. The second kappa shape index (κ2) is 7.51. The number of rotatable bonds is 6. The first-order valence-corrected chi connectivity index (χ1v) is 8.03. The van der Waals surface area contributed by atoms with E-state index in [1.807, 2.05) is 12.1 Å². The Morgan fingerprint density at radius 1 is 1.14 bits per heavy atom. The molecule has 0 radical (unpaired) electrons. The van der Waals surface area contributed by atoms with Crippen molar-refractivity contribution in [3.05, 3.63) is 58.1 Å². The number of aryl methyl sites for hydroxylation is 2. The van der Waals surface area contributed by atoms with E-state index in [1.165, 1.54) is 16.8 Å². The number of anilines is 1. The summed E-state index contributed by atoms with van der Waals surface area (Å²) in [5, 5.41) is 3.56. The average Bonchev–Trinajstić information content (AvgIpc) is 2.44. The molecule has 1 N–H and O–H groups in total. The topological polar surface area (TPSA) is 21.3 Å². The van der Waals surface area contributed by atoms with Gasteiger partial charge in [-0.1, -0.05) is 28.1 Å². The second-order valence-corrected chi connectivity index (χ2v) is 6.37. The van der Waals surface area contributed by atoms with E-state index in [4.69, 9.17) is 4.74 Å². The zero-order chi connectivity index (χ0) is 15.2. The van der Waals surface area contributed by atoms with Gasteiger partial charge < -0.3 is 10.1 Å². The number of benzene rings is 2. The number of ether oxygens (including phenoxy) is 1. The van der Waals surface area contributed by atoms with E-state index in [-0.39, 0.29) is 0 Å². The van der Waals surface area contributed by atoms with Gasteiger partial charge in [0.2, 0.25) is 0 Å². The summed E-state index contributed by atoms with van der Waals surface area (Å²) >= 11 is 3.54. The molecule has 0 heterocycles. The fraction of sp³-hybridized carbons (Fsp3) is 0.333. The SMILES string of the molecule is COc1ccc(CCC(C)Nc2cc(C)cc(Br)c2)cc1. The lowest BCUT2D eigenvalue weighted by Crippen LogP contribution is -2.16. The monoisotopic (exact) mass is 347 g/mol. The summed E-state index contributed by atoms with van der Waals surface area (Å²) in [5.41, 5.74) is 3.77. The Bertz CT molecular complexity index is 560. The molecule has 2 nitrogen and oxygen atoms in total. The van der Waals surface area contributed by atoms with Crippen molar-refractivity contribution in [1.82, 2.24) is 0 Å². The third kappa shape index (κ3) is 5.09. The van der Waals surface area contributed by atoms with Gasteiger partial charge in [0.25, 0.3) is 0 Å². The van der Waals surface area contributed by atoms with E-state index >= 15 is 0 Å². The lowest BCUT2D eigenvalue weighted by Gasteiger charge is -2.16. The van der Waals surface area contributed by atoms with Crippen LogP contribution >= 0.6 is 15.9 Å². The smallest absolute Gasteiger partial charge is 0.118 e. The summed E-state index contributed by atoms with van der Waals surface area (Å²) in [5.74, 6) is 0.912. The third-order valence-electron chi connectivity index (χ3n) is 3.48. The van der Waals surface area contributed by atoms with E-state index in [0.29, 0.717) is 6.04 Å². The predicted molar refractivity (Wildman–Crippen MR) is 93.3 cm³/mol. The number of methoxy groups -OCH3 is 1. The molecular formula is C18H22BrNO. The highest BCUT2D eigenvalue weighted by molar-refractivity contribution is 9.10. The summed E-state index contributed by atoms with van der Waals surface area (Å²) < 4.78 is 6.30. The van der Waals surface area contributed by atoms with E-state index < -0.39 is 0 Å². The van der Waals surface area contributed by atoms with E-state index in [0.717, 1.165) is 23.1 Å². The molecule has 0 saturated carbocycles. The van der Waals surface area contributed by atoms with Gasteiger partial charge in [0.1, 0.15) is 5.75 Å². The molecule has 0 saturated heterocycles. The highest BCUT2D eigenvalue weighted by Crippen LogP contribution is 2.20. The van der Waals surface area contributed by atoms with Crippen LogP contribution in [0.2, 0.25) is 0 Å². The Kier molecular flexibility index (Phi) is 5.68. The molecule has 0 aliphatic rings. The Labute approximate surface area is 135 Å². The molecule has 0 amide bonds. The molecule has 2 aromatic rings. The maximum atomic E-state index is 5.18. The largest absolute Gasteiger partial charge is 0.497 e. The quantitative estimate of drug-likeness (QED) is 0.775. The van der Waals surface area contributed by atoms with Crippen LogP contribution < -0.4 is 10.1 Å². The van der Waals surface area contributed by atoms with Gasteiger partial charge in [-0.3, -0.25) is 0 Å². The summed E-state index contributed by atoms with van der Waals surface area (Å²) in [6, 6.07) is 15.2. The van der Waals surface area contributed by atoms with E-state index in [1.54, 1.807) is 7.11 Å².